The zero-order chi connectivity index (χ0) is 23.3. The Balaban J connectivity index is 1.26. The average Bonchev–Trinajstić information content (AvgIpc) is 3.40. The number of anilines is 3. The quantitative estimate of drug-likeness (QED) is 0.416. The summed E-state index contributed by atoms with van der Waals surface area (Å²) >= 11 is 0. The lowest BCUT2D eigenvalue weighted by molar-refractivity contribution is 0.00235. The van der Waals surface area contributed by atoms with E-state index in [2.05, 4.69) is 41.0 Å². The number of aryl methyl sites for hydroxylation is 1. The summed E-state index contributed by atoms with van der Waals surface area (Å²) in [5, 5.41) is 13.8. The number of imidazole rings is 1. The molecule has 3 N–H and O–H groups in total. The molecule has 34 heavy (non-hydrogen) atoms. The number of hydrogen-bond acceptors (Lipinski definition) is 8. The van der Waals surface area contributed by atoms with Gasteiger partial charge in [0.15, 0.2) is 22.8 Å². The topological polar surface area (TPSA) is 127 Å². The number of rotatable bonds is 5. The first-order chi connectivity index (χ1) is 16.5. The molecule has 2 fully saturated rings. The van der Waals surface area contributed by atoms with Crippen molar-refractivity contribution in [2.45, 2.75) is 38.1 Å². The molecule has 3 aromatic heterocycles. The summed E-state index contributed by atoms with van der Waals surface area (Å²) < 4.78 is 3.12. The number of hydrogen-bond donors (Lipinski definition) is 3. The lowest BCUT2D eigenvalue weighted by atomic mass is 9.54. The number of nitrogens with one attached hydrogen (secondary N) is 3. The van der Waals surface area contributed by atoms with Gasteiger partial charge in [-0.1, -0.05) is 18.6 Å². The van der Waals surface area contributed by atoms with Crippen LogP contribution in [0.3, 0.4) is 0 Å². The molecule has 0 radical (unpaired) electrons. The van der Waals surface area contributed by atoms with E-state index < -0.39 is 0 Å². The van der Waals surface area contributed by atoms with Crippen molar-refractivity contribution in [2.75, 3.05) is 17.7 Å². The van der Waals surface area contributed by atoms with E-state index in [1.54, 1.807) is 18.1 Å². The molecule has 0 unspecified atom stereocenters. The molecule has 1 amide bonds. The second-order valence-electron chi connectivity index (χ2n) is 9.29. The van der Waals surface area contributed by atoms with Crippen LogP contribution in [-0.4, -0.2) is 53.4 Å². The molecule has 174 valence electrons. The van der Waals surface area contributed by atoms with Gasteiger partial charge >= 0.3 is 6.03 Å². The molecule has 0 atom stereocenters. The summed E-state index contributed by atoms with van der Waals surface area (Å²) in [6.07, 6.45) is 9.19. The van der Waals surface area contributed by atoms with Gasteiger partial charge in [-0.25, -0.2) is 19.3 Å². The zero-order valence-corrected chi connectivity index (χ0v) is 19.1. The first-order valence-electron chi connectivity index (χ1n) is 11.5. The van der Waals surface area contributed by atoms with E-state index in [4.69, 9.17) is 0 Å². The summed E-state index contributed by atoms with van der Waals surface area (Å²) in [4.78, 5) is 30.9. The largest absolute Gasteiger partial charge is 0.371 e. The molecule has 1 spiro atoms. The number of aromatic nitrogens is 7. The lowest BCUT2D eigenvalue weighted by Crippen LogP contribution is -2.54. The fourth-order valence-corrected chi connectivity index (χ4v) is 5.03. The molecule has 0 bridgehead atoms. The normalized spacial score (nSPS) is 16.8. The maximum absolute atomic E-state index is 13.0. The van der Waals surface area contributed by atoms with Gasteiger partial charge in [0.1, 0.15) is 12.7 Å². The summed E-state index contributed by atoms with van der Waals surface area (Å²) in [6, 6.07) is 7.70. The summed E-state index contributed by atoms with van der Waals surface area (Å²) in [5.41, 5.74) is 3.13. The van der Waals surface area contributed by atoms with Crippen LogP contribution in [-0.2, 0) is 7.05 Å². The van der Waals surface area contributed by atoms with Crippen molar-refractivity contribution < 1.29 is 4.79 Å². The van der Waals surface area contributed by atoms with E-state index in [9.17, 15) is 4.79 Å². The van der Waals surface area contributed by atoms with Crippen molar-refractivity contribution in [1.29, 1.82) is 0 Å². The Bertz CT molecular complexity index is 1380. The number of amides is 1. The lowest BCUT2D eigenvalue weighted by Gasteiger charge is -2.54. The van der Waals surface area contributed by atoms with Gasteiger partial charge in [-0.05, 0) is 43.2 Å². The van der Waals surface area contributed by atoms with Crippen LogP contribution in [0.15, 0.2) is 36.9 Å². The Morgan fingerprint density at radius 3 is 2.71 bits per heavy atom. The molecule has 3 heterocycles. The van der Waals surface area contributed by atoms with Gasteiger partial charge in [-0.3, -0.25) is 4.68 Å². The Morgan fingerprint density at radius 2 is 2.00 bits per heavy atom. The van der Waals surface area contributed by atoms with Crippen molar-refractivity contribution in [3.05, 3.63) is 36.9 Å². The van der Waals surface area contributed by atoms with Crippen LogP contribution in [0, 0.1) is 5.41 Å². The fraction of sp³-hybridized carbons (Fsp3) is 0.391. The van der Waals surface area contributed by atoms with E-state index in [0.717, 1.165) is 24.1 Å². The molecule has 0 saturated heterocycles. The van der Waals surface area contributed by atoms with Gasteiger partial charge in [-0.2, -0.15) is 15.1 Å². The Morgan fingerprint density at radius 1 is 1.15 bits per heavy atom. The molecule has 0 aliphatic heterocycles. The van der Waals surface area contributed by atoms with Crippen molar-refractivity contribution in [3.8, 4) is 11.4 Å². The summed E-state index contributed by atoms with van der Waals surface area (Å²) in [5.74, 6) is 1.53. The second kappa shape index (κ2) is 7.79. The van der Waals surface area contributed by atoms with E-state index in [1.807, 2.05) is 31.3 Å². The molecule has 11 nitrogen and oxygen atoms in total. The highest BCUT2D eigenvalue weighted by Crippen LogP contribution is 2.55. The Labute approximate surface area is 196 Å². The van der Waals surface area contributed by atoms with Crippen LogP contribution in [0.2, 0.25) is 0 Å². The smallest absolute Gasteiger partial charge is 0.328 e. The third kappa shape index (κ3) is 3.53. The Hall–Kier alpha value is -4.02. The van der Waals surface area contributed by atoms with Gasteiger partial charge in [0.25, 0.3) is 0 Å². The van der Waals surface area contributed by atoms with Crippen molar-refractivity contribution in [3.63, 3.8) is 0 Å². The van der Waals surface area contributed by atoms with Gasteiger partial charge in [0.2, 0.25) is 5.95 Å². The van der Waals surface area contributed by atoms with Gasteiger partial charge < -0.3 is 16.0 Å². The minimum Gasteiger partial charge on any atom is -0.371 e. The van der Waals surface area contributed by atoms with E-state index in [0.29, 0.717) is 34.2 Å². The number of fused-ring (bicyclic) bond motifs is 1. The fourth-order valence-electron chi connectivity index (χ4n) is 5.03. The molecule has 2 saturated carbocycles. The molecule has 2 aliphatic rings. The minimum atomic E-state index is -0.211. The SMILES string of the molecule is CNc1nc(Nc2cccc(-c3ncn(C)n3)c2)nc2c1ncn2C(=O)NC1CC2(CCC2)C1. The van der Waals surface area contributed by atoms with Crippen LogP contribution < -0.4 is 16.0 Å². The zero-order valence-electron chi connectivity index (χ0n) is 19.1. The maximum Gasteiger partial charge on any atom is 0.328 e. The third-order valence-electron chi connectivity index (χ3n) is 6.93. The van der Waals surface area contributed by atoms with Crippen molar-refractivity contribution >= 4 is 34.6 Å². The van der Waals surface area contributed by atoms with E-state index in [1.165, 1.54) is 30.2 Å². The molecule has 1 aromatic carbocycles. The first-order valence-corrected chi connectivity index (χ1v) is 11.5. The van der Waals surface area contributed by atoms with Crippen molar-refractivity contribution in [1.82, 2.24) is 39.6 Å². The van der Waals surface area contributed by atoms with Gasteiger partial charge in [0, 0.05) is 31.4 Å². The van der Waals surface area contributed by atoms with Crippen LogP contribution in [0.5, 0.6) is 0 Å². The second-order valence-corrected chi connectivity index (χ2v) is 9.29. The third-order valence-corrected chi connectivity index (χ3v) is 6.93. The highest BCUT2D eigenvalue weighted by atomic mass is 16.2. The molecule has 4 aromatic rings. The Kier molecular flexibility index (Phi) is 4.71. The monoisotopic (exact) mass is 458 g/mol. The van der Waals surface area contributed by atoms with Gasteiger partial charge in [0.05, 0.1) is 0 Å². The van der Waals surface area contributed by atoms with E-state index in [-0.39, 0.29) is 12.1 Å². The van der Waals surface area contributed by atoms with Gasteiger partial charge in [-0.15, -0.1) is 0 Å². The standard InChI is InChI=1S/C23H26N10O/c1-24-19-17-20(33(13-25-17)22(34)28-16-10-23(11-16)7-4-8-23)30-21(29-19)27-15-6-3-5-14(9-15)18-26-12-32(2)31-18/h3,5-6,9,12-13,16H,4,7-8,10-11H2,1-2H3,(H,28,34)(H2,24,27,29,30). The number of carbonyl (C=O) groups is 1. The van der Waals surface area contributed by atoms with E-state index >= 15 is 0 Å². The number of carbonyl (C=O) groups excluding carboxylic acids is 1. The summed E-state index contributed by atoms with van der Waals surface area (Å²) in [6.45, 7) is 0. The molecular weight excluding hydrogens is 432 g/mol. The van der Waals surface area contributed by atoms with Crippen LogP contribution in [0.1, 0.15) is 32.1 Å². The molecular formula is C23H26N10O. The number of benzene rings is 1. The average molecular weight is 459 g/mol. The highest BCUT2D eigenvalue weighted by Gasteiger charge is 2.48. The molecule has 11 heteroatoms. The maximum atomic E-state index is 13.0. The highest BCUT2D eigenvalue weighted by molar-refractivity contribution is 5.92. The molecule has 2 aliphatic carbocycles. The predicted molar refractivity (Wildman–Crippen MR) is 128 cm³/mol. The van der Waals surface area contributed by atoms with Crippen LogP contribution >= 0.6 is 0 Å². The molecule has 6 rings (SSSR count). The van der Waals surface area contributed by atoms with Crippen LogP contribution in [0.25, 0.3) is 22.6 Å². The summed E-state index contributed by atoms with van der Waals surface area (Å²) in [7, 11) is 3.60. The first kappa shape index (κ1) is 20.6. The van der Waals surface area contributed by atoms with Crippen LogP contribution in [0.4, 0.5) is 22.2 Å². The minimum absolute atomic E-state index is 0.211. The predicted octanol–water partition coefficient (Wildman–Crippen LogP) is 3.30. The van der Waals surface area contributed by atoms with Crippen molar-refractivity contribution in [2.24, 2.45) is 12.5 Å². The number of nitrogens with zero attached hydrogens (tertiary/aromatic N) is 7.